The Labute approximate surface area is 115 Å². The molecule has 0 unspecified atom stereocenters. The van der Waals surface area contributed by atoms with Crippen molar-refractivity contribution >= 4 is 0 Å². The molecule has 0 bridgehead atoms. The Morgan fingerprint density at radius 3 is 2.05 bits per heavy atom. The molecule has 1 nitrogen and oxygen atoms in total. The molecule has 0 spiro atoms. The SMILES string of the molecule is CN1CCC[C@@H](c2ccccc2)[C@@H]1c1ccccc1. The molecule has 0 radical (unpaired) electrons. The molecule has 0 aromatic heterocycles. The number of rotatable bonds is 2. The third-order valence-electron chi connectivity index (χ3n) is 4.25. The van der Waals surface area contributed by atoms with Crippen molar-refractivity contribution in [3.63, 3.8) is 0 Å². The maximum absolute atomic E-state index is 2.51. The summed E-state index contributed by atoms with van der Waals surface area (Å²) in [7, 11) is 2.26. The Morgan fingerprint density at radius 2 is 1.42 bits per heavy atom. The highest BCUT2D eigenvalue weighted by Crippen LogP contribution is 2.41. The third kappa shape index (κ3) is 2.57. The van der Waals surface area contributed by atoms with Gasteiger partial charge in [0.1, 0.15) is 0 Å². The van der Waals surface area contributed by atoms with Crippen LogP contribution >= 0.6 is 0 Å². The molecular weight excluding hydrogens is 230 g/mol. The van der Waals surface area contributed by atoms with E-state index in [0.717, 1.165) is 0 Å². The van der Waals surface area contributed by atoms with E-state index < -0.39 is 0 Å². The fourth-order valence-electron chi connectivity index (χ4n) is 3.35. The second-order valence-corrected chi connectivity index (χ2v) is 5.50. The van der Waals surface area contributed by atoms with Crippen molar-refractivity contribution < 1.29 is 0 Å². The van der Waals surface area contributed by atoms with Gasteiger partial charge in [-0.2, -0.15) is 0 Å². The van der Waals surface area contributed by atoms with Crippen LogP contribution in [0.2, 0.25) is 0 Å². The van der Waals surface area contributed by atoms with E-state index in [-0.39, 0.29) is 0 Å². The molecule has 1 saturated heterocycles. The topological polar surface area (TPSA) is 3.24 Å². The van der Waals surface area contributed by atoms with Crippen LogP contribution in [0.1, 0.15) is 35.9 Å². The van der Waals surface area contributed by atoms with E-state index >= 15 is 0 Å². The summed E-state index contributed by atoms with van der Waals surface area (Å²) in [5, 5.41) is 0. The first-order chi connectivity index (χ1) is 9.36. The van der Waals surface area contributed by atoms with Gasteiger partial charge in [0.25, 0.3) is 0 Å². The third-order valence-corrected chi connectivity index (χ3v) is 4.25. The van der Waals surface area contributed by atoms with Gasteiger partial charge >= 0.3 is 0 Å². The molecule has 19 heavy (non-hydrogen) atoms. The molecule has 3 rings (SSSR count). The van der Waals surface area contributed by atoms with E-state index in [1.165, 1.54) is 30.5 Å². The lowest BCUT2D eigenvalue weighted by Crippen LogP contribution is -2.34. The van der Waals surface area contributed by atoms with Gasteiger partial charge in [0, 0.05) is 12.0 Å². The number of hydrogen-bond acceptors (Lipinski definition) is 1. The Hall–Kier alpha value is -1.60. The minimum absolute atomic E-state index is 0.511. The zero-order valence-corrected chi connectivity index (χ0v) is 11.5. The van der Waals surface area contributed by atoms with Crippen LogP contribution in [-0.2, 0) is 0 Å². The Morgan fingerprint density at radius 1 is 0.842 bits per heavy atom. The first kappa shape index (κ1) is 12.4. The molecule has 1 heteroatoms. The van der Waals surface area contributed by atoms with Gasteiger partial charge in [-0.25, -0.2) is 0 Å². The molecule has 0 saturated carbocycles. The van der Waals surface area contributed by atoms with Crippen molar-refractivity contribution in [2.45, 2.75) is 24.8 Å². The van der Waals surface area contributed by atoms with Crippen LogP contribution in [0.3, 0.4) is 0 Å². The molecular formula is C18H21N. The van der Waals surface area contributed by atoms with E-state index in [0.29, 0.717) is 12.0 Å². The molecule has 2 aromatic carbocycles. The summed E-state index contributed by atoms with van der Waals surface area (Å²) < 4.78 is 0. The van der Waals surface area contributed by atoms with Crippen molar-refractivity contribution in [3.05, 3.63) is 71.8 Å². The number of hydrogen-bond donors (Lipinski definition) is 0. The summed E-state index contributed by atoms with van der Waals surface area (Å²) in [6, 6.07) is 22.4. The summed E-state index contributed by atoms with van der Waals surface area (Å²) in [6.45, 7) is 1.20. The quantitative estimate of drug-likeness (QED) is 0.771. The minimum atomic E-state index is 0.511. The van der Waals surface area contributed by atoms with Gasteiger partial charge in [0.2, 0.25) is 0 Å². The molecule has 98 valence electrons. The van der Waals surface area contributed by atoms with Gasteiger partial charge in [-0.1, -0.05) is 60.7 Å². The van der Waals surface area contributed by atoms with Gasteiger partial charge in [-0.15, -0.1) is 0 Å². The molecule has 0 aliphatic carbocycles. The predicted octanol–water partition coefficient (Wildman–Crippen LogP) is 4.24. The fraction of sp³-hybridized carbons (Fsp3) is 0.333. The second-order valence-electron chi connectivity index (χ2n) is 5.50. The van der Waals surface area contributed by atoms with Crippen LogP contribution in [0.4, 0.5) is 0 Å². The highest BCUT2D eigenvalue weighted by molar-refractivity contribution is 5.28. The number of nitrogens with zero attached hydrogens (tertiary/aromatic N) is 1. The highest BCUT2D eigenvalue weighted by Gasteiger charge is 2.31. The van der Waals surface area contributed by atoms with Gasteiger partial charge in [0.15, 0.2) is 0 Å². The molecule has 0 amide bonds. The van der Waals surface area contributed by atoms with Gasteiger partial charge < -0.3 is 0 Å². The van der Waals surface area contributed by atoms with Crippen LogP contribution < -0.4 is 0 Å². The molecule has 0 N–H and O–H groups in total. The lowest BCUT2D eigenvalue weighted by Gasteiger charge is -2.40. The maximum atomic E-state index is 2.51. The Bertz CT molecular complexity index is 506. The smallest absolute Gasteiger partial charge is 0.0413 e. The van der Waals surface area contributed by atoms with Gasteiger partial charge in [-0.05, 0) is 37.6 Å². The van der Waals surface area contributed by atoms with Crippen molar-refractivity contribution in [1.29, 1.82) is 0 Å². The van der Waals surface area contributed by atoms with Gasteiger partial charge in [0.05, 0.1) is 0 Å². The lowest BCUT2D eigenvalue weighted by molar-refractivity contribution is 0.161. The molecule has 1 heterocycles. The highest BCUT2D eigenvalue weighted by atomic mass is 15.1. The summed E-state index contributed by atoms with van der Waals surface area (Å²) >= 11 is 0. The zero-order valence-electron chi connectivity index (χ0n) is 11.5. The van der Waals surface area contributed by atoms with Crippen molar-refractivity contribution in [2.24, 2.45) is 0 Å². The average molecular weight is 251 g/mol. The van der Waals surface area contributed by atoms with Crippen molar-refractivity contribution in [3.8, 4) is 0 Å². The van der Waals surface area contributed by atoms with E-state index in [1.807, 2.05) is 0 Å². The fourth-order valence-corrected chi connectivity index (χ4v) is 3.35. The lowest BCUT2D eigenvalue weighted by atomic mass is 9.80. The first-order valence-corrected chi connectivity index (χ1v) is 7.16. The van der Waals surface area contributed by atoms with E-state index in [4.69, 9.17) is 0 Å². The minimum Gasteiger partial charge on any atom is -0.299 e. The Kier molecular flexibility index (Phi) is 3.65. The largest absolute Gasteiger partial charge is 0.299 e. The molecule has 1 fully saturated rings. The van der Waals surface area contributed by atoms with Crippen LogP contribution in [-0.4, -0.2) is 18.5 Å². The molecule has 2 aromatic rings. The first-order valence-electron chi connectivity index (χ1n) is 7.16. The summed E-state index contributed by atoms with van der Waals surface area (Å²) in [5.41, 5.74) is 2.92. The summed E-state index contributed by atoms with van der Waals surface area (Å²) in [6.07, 6.45) is 2.58. The molecule has 1 aliphatic heterocycles. The summed E-state index contributed by atoms with van der Waals surface area (Å²) in [4.78, 5) is 2.51. The standard InChI is InChI=1S/C18H21N/c1-19-14-8-13-17(15-9-4-2-5-10-15)18(19)16-11-6-3-7-12-16/h2-7,9-12,17-18H,8,13-14H2,1H3/t17-,18-/m0/s1. The zero-order chi connectivity index (χ0) is 13.1. The monoisotopic (exact) mass is 251 g/mol. The maximum Gasteiger partial charge on any atom is 0.0413 e. The summed E-state index contributed by atoms with van der Waals surface area (Å²) in [5.74, 6) is 0.613. The van der Waals surface area contributed by atoms with E-state index in [2.05, 4.69) is 72.6 Å². The normalized spacial score (nSPS) is 24.3. The van der Waals surface area contributed by atoms with Crippen LogP contribution in [0, 0.1) is 0 Å². The van der Waals surface area contributed by atoms with E-state index in [9.17, 15) is 0 Å². The van der Waals surface area contributed by atoms with Crippen LogP contribution in [0.15, 0.2) is 60.7 Å². The van der Waals surface area contributed by atoms with Gasteiger partial charge in [-0.3, -0.25) is 4.90 Å². The molecule has 1 aliphatic rings. The number of piperidine rings is 1. The molecule has 2 atom stereocenters. The van der Waals surface area contributed by atoms with E-state index in [1.54, 1.807) is 0 Å². The number of likely N-dealkylation sites (tertiary alicyclic amines) is 1. The average Bonchev–Trinajstić information content (AvgIpc) is 2.49. The second kappa shape index (κ2) is 5.58. The number of benzene rings is 2. The van der Waals surface area contributed by atoms with Crippen LogP contribution in [0.5, 0.6) is 0 Å². The Balaban J connectivity index is 1.97. The number of likely N-dealkylation sites (N-methyl/N-ethyl adjacent to an activating group) is 1. The van der Waals surface area contributed by atoms with Crippen molar-refractivity contribution in [2.75, 3.05) is 13.6 Å². The predicted molar refractivity (Wildman–Crippen MR) is 80.2 cm³/mol. The van der Waals surface area contributed by atoms with Crippen LogP contribution in [0.25, 0.3) is 0 Å². The van der Waals surface area contributed by atoms with Crippen molar-refractivity contribution in [1.82, 2.24) is 4.90 Å².